The van der Waals surface area contributed by atoms with Gasteiger partial charge in [0.25, 0.3) is 0 Å². The summed E-state index contributed by atoms with van der Waals surface area (Å²) in [6.45, 7) is 13.7. The molecule has 0 bridgehead atoms. The fourth-order valence-corrected chi connectivity index (χ4v) is 3.08. The van der Waals surface area contributed by atoms with Crippen LogP contribution in [-0.2, 0) is 0 Å². The smallest absolute Gasteiger partial charge is 0.126 e. The third-order valence-corrected chi connectivity index (χ3v) is 3.91. The van der Waals surface area contributed by atoms with Crippen LogP contribution in [0.1, 0.15) is 30.8 Å². The maximum atomic E-state index is 7.84. The summed E-state index contributed by atoms with van der Waals surface area (Å²) in [5.41, 5.74) is 9.46. The maximum absolute atomic E-state index is 7.84. The number of pyridine rings is 1. The summed E-state index contributed by atoms with van der Waals surface area (Å²) in [7, 11) is 0. The summed E-state index contributed by atoms with van der Waals surface area (Å²) < 4.78 is 0. The topological polar surface area (TPSA) is 69.2 Å². The fraction of sp³-hybridized carbons (Fsp3) is 0.625. The average molecular weight is 289 g/mol. The molecule has 2 heterocycles. The van der Waals surface area contributed by atoms with Crippen molar-refractivity contribution in [1.82, 2.24) is 9.88 Å². The first-order valence-electron chi connectivity index (χ1n) is 7.68. The van der Waals surface area contributed by atoms with Gasteiger partial charge in [0, 0.05) is 38.4 Å². The molecule has 1 aromatic rings. The molecule has 1 fully saturated rings. The molecule has 0 aromatic carbocycles. The molecule has 0 saturated carbocycles. The Hall–Kier alpha value is -1.62. The van der Waals surface area contributed by atoms with Crippen molar-refractivity contribution in [3.8, 4) is 0 Å². The third kappa shape index (κ3) is 3.73. The number of anilines is 1. The minimum Gasteiger partial charge on any atom is -0.384 e. The number of amidine groups is 1. The van der Waals surface area contributed by atoms with E-state index in [-0.39, 0.29) is 5.84 Å². The Labute approximate surface area is 127 Å². The van der Waals surface area contributed by atoms with Crippen LogP contribution in [0.2, 0.25) is 0 Å². The first kappa shape index (κ1) is 15.8. The van der Waals surface area contributed by atoms with Crippen LogP contribution in [0.4, 0.5) is 5.69 Å². The Morgan fingerprint density at radius 2 is 1.90 bits per heavy atom. The summed E-state index contributed by atoms with van der Waals surface area (Å²) in [4.78, 5) is 9.30. The van der Waals surface area contributed by atoms with Crippen LogP contribution in [0.3, 0.4) is 0 Å². The number of hydrogen-bond donors (Lipinski definition) is 2. The van der Waals surface area contributed by atoms with Crippen LogP contribution >= 0.6 is 0 Å². The lowest BCUT2D eigenvalue weighted by Crippen LogP contribution is -2.48. The number of nitrogens with two attached hydrogens (primary N) is 1. The molecule has 1 aromatic heterocycles. The predicted molar refractivity (Wildman–Crippen MR) is 88.2 cm³/mol. The molecule has 0 radical (unpaired) electrons. The zero-order valence-electron chi connectivity index (χ0n) is 13.6. The maximum Gasteiger partial charge on any atom is 0.126 e. The van der Waals surface area contributed by atoms with Crippen molar-refractivity contribution in [3.05, 3.63) is 23.0 Å². The van der Waals surface area contributed by atoms with E-state index in [0.29, 0.717) is 5.92 Å². The molecule has 5 nitrogen and oxygen atoms in total. The standard InChI is InChI=1S/C16H27N5/c1-11(2)10-20-5-7-21(8-6-20)14-9-12(3)19-13(4)15(14)16(17)18/h9,11H,5-8,10H2,1-4H3,(H3,17,18). The Bertz CT molecular complexity index is 516. The van der Waals surface area contributed by atoms with E-state index in [1.54, 1.807) is 0 Å². The zero-order chi connectivity index (χ0) is 15.6. The van der Waals surface area contributed by atoms with E-state index in [9.17, 15) is 0 Å². The van der Waals surface area contributed by atoms with Gasteiger partial charge >= 0.3 is 0 Å². The summed E-state index contributed by atoms with van der Waals surface area (Å²) in [5.74, 6) is 0.814. The van der Waals surface area contributed by atoms with Crippen molar-refractivity contribution >= 4 is 11.5 Å². The molecular weight excluding hydrogens is 262 g/mol. The quantitative estimate of drug-likeness (QED) is 0.654. The number of aryl methyl sites for hydroxylation is 2. The van der Waals surface area contributed by atoms with Crippen LogP contribution in [0.25, 0.3) is 0 Å². The molecule has 21 heavy (non-hydrogen) atoms. The van der Waals surface area contributed by atoms with Crippen molar-refractivity contribution in [2.75, 3.05) is 37.6 Å². The summed E-state index contributed by atoms with van der Waals surface area (Å²) in [5, 5.41) is 7.84. The third-order valence-electron chi connectivity index (χ3n) is 3.91. The molecule has 1 saturated heterocycles. The number of hydrogen-bond acceptors (Lipinski definition) is 4. The highest BCUT2D eigenvalue weighted by molar-refractivity contribution is 6.01. The number of nitrogen functional groups attached to an aromatic ring is 1. The molecular formula is C16H27N5. The minimum atomic E-state index is 0.111. The zero-order valence-corrected chi connectivity index (χ0v) is 13.6. The van der Waals surface area contributed by atoms with E-state index in [1.165, 1.54) is 0 Å². The average Bonchev–Trinajstić information content (AvgIpc) is 2.37. The van der Waals surface area contributed by atoms with Gasteiger partial charge in [-0.25, -0.2) is 0 Å². The van der Waals surface area contributed by atoms with Gasteiger partial charge in [-0.1, -0.05) is 13.8 Å². The molecule has 2 rings (SSSR count). The highest BCUT2D eigenvalue weighted by Crippen LogP contribution is 2.25. The Balaban J connectivity index is 2.18. The molecule has 1 aliphatic heterocycles. The van der Waals surface area contributed by atoms with Gasteiger partial charge in [-0.15, -0.1) is 0 Å². The molecule has 3 N–H and O–H groups in total. The highest BCUT2D eigenvalue weighted by atomic mass is 15.3. The summed E-state index contributed by atoms with van der Waals surface area (Å²) in [6.07, 6.45) is 0. The van der Waals surface area contributed by atoms with Crippen molar-refractivity contribution in [2.45, 2.75) is 27.7 Å². The lowest BCUT2D eigenvalue weighted by atomic mass is 10.1. The Morgan fingerprint density at radius 3 is 2.43 bits per heavy atom. The second-order valence-corrected chi connectivity index (χ2v) is 6.34. The van der Waals surface area contributed by atoms with Crippen LogP contribution in [-0.4, -0.2) is 48.4 Å². The lowest BCUT2D eigenvalue weighted by molar-refractivity contribution is 0.231. The van der Waals surface area contributed by atoms with E-state index in [0.717, 1.165) is 55.4 Å². The first-order valence-corrected chi connectivity index (χ1v) is 7.68. The second kappa shape index (κ2) is 6.43. The molecule has 116 valence electrons. The van der Waals surface area contributed by atoms with E-state index in [4.69, 9.17) is 11.1 Å². The van der Waals surface area contributed by atoms with Crippen molar-refractivity contribution in [3.63, 3.8) is 0 Å². The van der Waals surface area contributed by atoms with Gasteiger partial charge in [-0.2, -0.15) is 0 Å². The number of piperazine rings is 1. The van der Waals surface area contributed by atoms with Crippen LogP contribution in [0.15, 0.2) is 6.07 Å². The number of nitrogens with zero attached hydrogens (tertiary/aromatic N) is 3. The monoisotopic (exact) mass is 289 g/mol. The van der Waals surface area contributed by atoms with Crippen LogP contribution in [0, 0.1) is 25.2 Å². The van der Waals surface area contributed by atoms with Gasteiger partial charge < -0.3 is 10.6 Å². The number of rotatable bonds is 4. The molecule has 0 aliphatic carbocycles. The van der Waals surface area contributed by atoms with Gasteiger partial charge in [0.2, 0.25) is 0 Å². The number of aromatic nitrogens is 1. The van der Waals surface area contributed by atoms with Crippen molar-refractivity contribution in [1.29, 1.82) is 5.41 Å². The van der Waals surface area contributed by atoms with E-state index in [2.05, 4.69) is 34.7 Å². The van der Waals surface area contributed by atoms with Crippen LogP contribution < -0.4 is 10.6 Å². The highest BCUT2D eigenvalue weighted by Gasteiger charge is 2.22. The van der Waals surface area contributed by atoms with Gasteiger partial charge in [0.1, 0.15) is 5.84 Å². The van der Waals surface area contributed by atoms with E-state index in [1.807, 2.05) is 13.8 Å². The molecule has 0 spiro atoms. The van der Waals surface area contributed by atoms with Gasteiger partial charge in [0.15, 0.2) is 0 Å². The summed E-state index contributed by atoms with van der Waals surface area (Å²) >= 11 is 0. The SMILES string of the molecule is Cc1cc(N2CCN(CC(C)C)CC2)c(C(=N)N)c(C)n1. The molecule has 0 atom stereocenters. The molecule has 0 amide bonds. The molecule has 0 unspecified atom stereocenters. The molecule has 5 heteroatoms. The number of nitrogens with one attached hydrogen (secondary N) is 1. The Morgan fingerprint density at radius 1 is 1.29 bits per heavy atom. The summed E-state index contributed by atoms with van der Waals surface area (Å²) in [6, 6.07) is 2.06. The lowest BCUT2D eigenvalue weighted by Gasteiger charge is -2.37. The normalized spacial score (nSPS) is 16.5. The van der Waals surface area contributed by atoms with Crippen LogP contribution in [0.5, 0.6) is 0 Å². The van der Waals surface area contributed by atoms with Gasteiger partial charge in [-0.3, -0.25) is 15.3 Å². The Kier molecular flexibility index (Phi) is 4.83. The fourth-order valence-electron chi connectivity index (χ4n) is 3.08. The predicted octanol–water partition coefficient (Wildman–Crippen LogP) is 1.76. The van der Waals surface area contributed by atoms with E-state index >= 15 is 0 Å². The largest absolute Gasteiger partial charge is 0.384 e. The first-order chi connectivity index (χ1) is 9.88. The van der Waals surface area contributed by atoms with Gasteiger partial charge in [-0.05, 0) is 25.8 Å². The van der Waals surface area contributed by atoms with Crippen molar-refractivity contribution < 1.29 is 0 Å². The van der Waals surface area contributed by atoms with E-state index < -0.39 is 0 Å². The van der Waals surface area contributed by atoms with Gasteiger partial charge in [0.05, 0.1) is 16.9 Å². The molecule has 1 aliphatic rings. The minimum absolute atomic E-state index is 0.111. The van der Waals surface area contributed by atoms with Crippen molar-refractivity contribution in [2.24, 2.45) is 11.7 Å². The second-order valence-electron chi connectivity index (χ2n) is 6.34.